The van der Waals surface area contributed by atoms with Crippen molar-refractivity contribution in [3.8, 4) is 0 Å². The molecule has 3 heteroatoms. The van der Waals surface area contributed by atoms with Crippen LogP contribution in [0.25, 0.3) is 0 Å². The van der Waals surface area contributed by atoms with Crippen molar-refractivity contribution in [1.29, 1.82) is 0 Å². The zero-order chi connectivity index (χ0) is 9.80. The molecule has 1 saturated heterocycles. The van der Waals surface area contributed by atoms with Crippen molar-refractivity contribution in [2.24, 2.45) is 0 Å². The Kier molecular flexibility index (Phi) is 3.19. The molecule has 2 rings (SSSR count). The Morgan fingerprint density at radius 3 is 2.64 bits per heavy atom. The Hall–Kier alpha value is -0.830. The molecule has 1 aromatic heterocycles. The lowest BCUT2D eigenvalue weighted by Crippen LogP contribution is -2.44. The van der Waals surface area contributed by atoms with Crippen LogP contribution in [0.4, 0.5) is 0 Å². The summed E-state index contributed by atoms with van der Waals surface area (Å²) in [6.07, 6.45) is 10.7. The molecule has 1 aromatic rings. The molecule has 1 aliphatic heterocycles. The van der Waals surface area contributed by atoms with E-state index in [0.29, 0.717) is 0 Å². The van der Waals surface area contributed by atoms with Gasteiger partial charge in [0, 0.05) is 13.1 Å². The van der Waals surface area contributed by atoms with Gasteiger partial charge in [0.2, 0.25) is 6.33 Å². The molecule has 0 aliphatic carbocycles. The molecule has 0 N–H and O–H groups in total. The number of nitrogens with zero attached hydrogens (tertiary/aromatic N) is 3. The number of hydrogen-bond acceptors (Lipinski definition) is 1. The third-order valence-electron chi connectivity index (χ3n) is 2.92. The molecule has 0 radical (unpaired) electrons. The maximum Gasteiger partial charge on any atom is 0.244 e. The number of aromatic nitrogens is 2. The first-order chi connectivity index (χ1) is 6.88. The smallest absolute Gasteiger partial charge is 0.244 e. The van der Waals surface area contributed by atoms with Gasteiger partial charge >= 0.3 is 0 Å². The van der Waals surface area contributed by atoms with E-state index in [4.69, 9.17) is 0 Å². The van der Waals surface area contributed by atoms with Crippen LogP contribution < -0.4 is 4.57 Å². The fraction of sp³-hybridized carbons (Fsp3) is 0.727. The summed E-state index contributed by atoms with van der Waals surface area (Å²) in [5, 5.41) is 0. The molecule has 0 atom stereocenters. The van der Waals surface area contributed by atoms with Crippen LogP contribution in [0.2, 0.25) is 0 Å². The van der Waals surface area contributed by atoms with Crippen LogP contribution >= 0.6 is 0 Å². The number of aryl methyl sites for hydroxylation is 1. The van der Waals surface area contributed by atoms with Gasteiger partial charge in [-0.05, 0) is 19.8 Å². The number of piperidine rings is 1. The minimum absolute atomic E-state index is 1.06. The van der Waals surface area contributed by atoms with Crippen LogP contribution in [0, 0.1) is 0 Å². The van der Waals surface area contributed by atoms with Crippen molar-refractivity contribution in [3.05, 3.63) is 18.7 Å². The standard InChI is InChI=1S/C11H20N3/c1-2-12-8-9-14(10-12)11-13-6-4-3-5-7-13/h8-10H,2-7,11H2,1H3/q+1. The minimum Gasteiger partial charge on any atom is -0.267 e. The number of imidazole rings is 1. The molecule has 0 aromatic carbocycles. The maximum absolute atomic E-state index is 2.53. The number of rotatable bonds is 3. The van der Waals surface area contributed by atoms with Crippen molar-refractivity contribution < 1.29 is 4.57 Å². The lowest BCUT2D eigenvalue weighted by atomic mass is 10.1. The maximum atomic E-state index is 2.53. The van der Waals surface area contributed by atoms with Crippen LogP contribution in [-0.4, -0.2) is 22.6 Å². The Morgan fingerprint density at radius 2 is 2.00 bits per heavy atom. The van der Waals surface area contributed by atoms with Gasteiger partial charge in [-0.2, -0.15) is 0 Å². The summed E-state index contributed by atoms with van der Waals surface area (Å²) in [7, 11) is 0. The fourth-order valence-electron chi connectivity index (χ4n) is 2.04. The average molecular weight is 194 g/mol. The van der Waals surface area contributed by atoms with E-state index in [9.17, 15) is 0 Å². The third-order valence-corrected chi connectivity index (χ3v) is 2.92. The molecule has 0 spiro atoms. The van der Waals surface area contributed by atoms with Gasteiger partial charge in [0.15, 0.2) is 0 Å². The lowest BCUT2D eigenvalue weighted by molar-refractivity contribution is -0.715. The molecule has 2 heterocycles. The normalized spacial score (nSPS) is 18.6. The van der Waals surface area contributed by atoms with Gasteiger partial charge in [-0.1, -0.05) is 6.42 Å². The fourth-order valence-corrected chi connectivity index (χ4v) is 2.04. The van der Waals surface area contributed by atoms with Crippen molar-refractivity contribution in [1.82, 2.24) is 9.47 Å². The van der Waals surface area contributed by atoms with Crippen LogP contribution in [0.15, 0.2) is 18.7 Å². The summed E-state index contributed by atoms with van der Waals surface area (Å²) in [4.78, 5) is 2.53. The number of likely N-dealkylation sites (tertiary alicyclic amines) is 1. The van der Waals surface area contributed by atoms with Gasteiger partial charge in [-0.3, -0.25) is 4.90 Å². The monoisotopic (exact) mass is 194 g/mol. The highest BCUT2D eigenvalue weighted by Crippen LogP contribution is 2.07. The molecule has 1 fully saturated rings. The molecular formula is C11H20N3+. The van der Waals surface area contributed by atoms with Crippen LogP contribution in [0.1, 0.15) is 26.2 Å². The van der Waals surface area contributed by atoms with Crippen LogP contribution in [0.3, 0.4) is 0 Å². The molecule has 0 bridgehead atoms. The Bertz CT molecular complexity index is 274. The van der Waals surface area contributed by atoms with Crippen molar-refractivity contribution >= 4 is 0 Å². The van der Waals surface area contributed by atoms with E-state index in [2.05, 4.69) is 39.7 Å². The van der Waals surface area contributed by atoms with Gasteiger partial charge in [0.25, 0.3) is 0 Å². The van der Waals surface area contributed by atoms with E-state index in [1.165, 1.54) is 32.4 Å². The molecule has 1 aliphatic rings. The first-order valence-electron chi connectivity index (χ1n) is 5.65. The minimum atomic E-state index is 1.06. The largest absolute Gasteiger partial charge is 0.267 e. The van der Waals surface area contributed by atoms with Crippen molar-refractivity contribution in [2.45, 2.75) is 39.4 Å². The van der Waals surface area contributed by atoms with E-state index in [0.717, 1.165) is 13.2 Å². The summed E-state index contributed by atoms with van der Waals surface area (Å²) in [5.74, 6) is 0. The summed E-state index contributed by atoms with van der Waals surface area (Å²) in [6.45, 7) is 6.83. The second-order valence-electron chi connectivity index (χ2n) is 4.08. The first-order valence-corrected chi connectivity index (χ1v) is 5.65. The quantitative estimate of drug-likeness (QED) is 0.659. The third kappa shape index (κ3) is 2.35. The van der Waals surface area contributed by atoms with Gasteiger partial charge in [-0.25, -0.2) is 9.13 Å². The highest BCUT2D eigenvalue weighted by atomic mass is 15.3. The Morgan fingerprint density at radius 1 is 1.21 bits per heavy atom. The zero-order valence-electron chi connectivity index (χ0n) is 9.02. The Balaban J connectivity index is 1.89. The second-order valence-corrected chi connectivity index (χ2v) is 4.08. The topological polar surface area (TPSA) is 12.0 Å². The molecule has 0 amide bonds. The van der Waals surface area contributed by atoms with E-state index < -0.39 is 0 Å². The van der Waals surface area contributed by atoms with E-state index >= 15 is 0 Å². The molecule has 0 unspecified atom stereocenters. The predicted octanol–water partition coefficient (Wildman–Crippen LogP) is 1.24. The van der Waals surface area contributed by atoms with Gasteiger partial charge < -0.3 is 0 Å². The zero-order valence-corrected chi connectivity index (χ0v) is 9.02. The second kappa shape index (κ2) is 4.60. The Labute approximate surface area is 86.0 Å². The molecule has 78 valence electrons. The highest BCUT2D eigenvalue weighted by molar-refractivity contribution is 4.65. The predicted molar refractivity (Wildman–Crippen MR) is 55.7 cm³/mol. The SMILES string of the molecule is CCn1cc[n+](CN2CCCCC2)c1. The lowest BCUT2D eigenvalue weighted by Gasteiger charge is -2.24. The summed E-state index contributed by atoms with van der Waals surface area (Å²) >= 11 is 0. The van der Waals surface area contributed by atoms with E-state index in [1.807, 2.05) is 0 Å². The van der Waals surface area contributed by atoms with Crippen LogP contribution in [0.5, 0.6) is 0 Å². The number of hydrogen-bond donors (Lipinski definition) is 0. The van der Waals surface area contributed by atoms with E-state index in [1.54, 1.807) is 0 Å². The van der Waals surface area contributed by atoms with Crippen LogP contribution in [-0.2, 0) is 13.2 Å². The summed E-state index contributed by atoms with van der Waals surface area (Å²) in [5.41, 5.74) is 0. The molecule has 14 heavy (non-hydrogen) atoms. The van der Waals surface area contributed by atoms with E-state index in [-0.39, 0.29) is 0 Å². The van der Waals surface area contributed by atoms with Crippen molar-refractivity contribution in [3.63, 3.8) is 0 Å². The van der Waals surface area contributed by atoms with Gasteiger partial charge in [0.1, 0.15) is 19.1 Å². The van der Waals surface area contributed by atoms with Crippen molar-refractivity contribution in [2.75, 3.05) is 13.1 Å². The summed E-state index contributed by atoms with van der Waals surface area (Å²) < 4.78 is 4.48. The molecule has 0 saturated carbocycles. The van der Waals surface area contributed by atoms with Gasteiger partial charge in [0.05, 0.1) is 6.54 Å². The van der Waals surface area contributed by atoms with Gasteiger partial charge in [-0.15, -0.1) is 0 Å². The summed E-state index contributed by atoms with van der Waals surface area (Å²) in [6, 6.07) is 0. The first kappa shape index (κ1) is 9.71. The molecule has 3 nitrogen and oxygen atoms in total. The average Bonchev–Trinajstić information content (AvgIpc) is 2.67. The highest BCUT2D eigenvalue weighted by Gasteiger charge is 2.12. The molecular weight excluding hydrogens is 174 g/mol.